The molecule has 0 atom stereocenters. The van der Waals surface area contributed by atoms with Crippen LogP contribution in [0.25, 0.3) is 33.9 Å². The first-order valence-corrected chi connectivity index (χ1v) is 9.41. The number of aromatic nitrogens is 3. The lowest BCUT2D eigenvalue weighted by atomic mass is 9.93. The van der Waals surface area contributed by atoms with Crippen LogP contribution in [-0.2, 0) is 20.0 Å². The van der Waals surface area contributed by atoms with Gasteiger partial charge < -0.3 is 0 Å². The monoisotopic (exact) mass is 405 g/mol. The van der Waals surface area contributed by atoms with Crippen LogP contribution < -0.4 is 0 Å². The first-order chi connectivity index (χ1) is 14.7. The smallest absolute Gasteiger partial charge is 0.115 e. The molecule has 0 saturated carbocycles. The molecule has 0 saturated heterocycles. The van der Waals surface area contributed by atoms with Crippen LogP contribution in [0.1, 0.15) is 16.7 Å². The Morgan fingerprint density at radius 3 is 1.90 bits per heavy atom. The highest BCUT2D eigenvalue weighted by Crippen LogP contribution is 2.33. The summed E-state index contributed by atoms with van der Waals surface area (Å²) in [6, 6.07) is 17.4. The molecule has 0 amide bonds. The largest absolute Gasteiger partial charge is 0.255 e. The second-order valence-corrected chi connectivity index (χ2v) is 6.74. The molecule has 0 N–H and O–H groups in total. The van der Waals surface area contributed by atoms with Gasteiger partial charge in [-0.3, -0.25) is 9.97 Å². The highest BCUT2D eigenvalue weighted by atomic mass is 19.1. The topological polar surface area (TPSA) is 38.7 Å². The van der Waals surface area contributed by atoms with Gasteiger partial charge in [0.1, 0.15) is 20.0 Å². The predicted octanol–water partition coefficient (Wildman–Crippen LogP) is 6.28. The molecule has 30 heavy (non-hydrogen) atoms. The number of benzene rings is 1. The number of nitrogens with zero attached hydrogens (tertiary/aromatic N) is 3. The summed E-state index contributed by atoms with van der Waals surface area (Å²) in [5.41, 5.74) is 4.42. The molecule has 4 rings (SSSR count). The van der Waals surface area contributed by atoms with Gasteiger partial charge in [-0.05, 0) is 76.3 Å². The Morgan fingerprint density at radius 2 is 1.27 bits per heavy atom. The summed E-state index contributed by atoms with van der Waals surface area (Å²) in [6.07, 6.45) is 3.27. The molecule has 3 nitrogen and oxygen atoms in total. The van der Waals surface area contributed by atoms with Crippen molar-refractivity contribution in [2.45, 2.75) is 20.0 Å². The van der Waals surface area contributed by atoms with E-state index in [0.717, 1.165) is 5.69 Å². The van der Waals surface area contributed by atoms with Gasteiger partial charge in [0.15, 0.2) is 0 Å². The fourth-order valence-corrected chi connectivity index (χ4v) is 3.46. The minimum atomic E-state index is -0.818. The molecule has 4 aromatic rings. The van der Waals surface area contributed by atoms with Crippen molar-refractivity contribution in [3.05, 3.63) is 89.7 Å². The van der Waals surface area contributed by atoms with Gasteiger partial charge in [-0.25, -0.2) is 18.2 Å². The zero-order valence-electron chi connectivity index (χ0n) is 16.0. The maximum atomic E-state index is 13.7. The van der Waals surface area contributed by atoms with Gasteiger partial charge >= 0.3 is 0 Å². The summed E-state index contributed by atoms with van der Waals surface area (Å²) < 4.78 is 40.5. The van der Waals surface area contributed by atoms with E-state index in [1.807, 2.05) is 36.4 Å². The molecule has 0 bridgehead atoms. The van der Waals surface area contributed by atoms with Gasteiger partial charge in [0.25, 0.3) is 0 Å². The minimum absolute atomic E-state index is 0.255. The first-order valence-electron chi connectivity index (χ1n) is 9.41. The Morgan fingerprint density at radius 1 is 0.600 bits per heavy atom. The third-order valence-electron chi connectivity index (χ3n) is 4.79. The van der Waals surface area contributed by atoms with Crippen LogP contribution in [0, 0.1) is 0 Å². The third kappa shape index (κ3) is 3.94. The van der Waals surface area contributed by atoms with Gasteiger partial charge in [0.2, 0.25) is 0 Å². The van der Waals surface area contributed by atoms with Crippen molar-refractivity contribution in [3.63, 3.8) is 0 Å². The average Bonchev–Trinajstić information content (AvgIpc) is 2.83. The first kappa shape index (κ1) is 19.8. The van der Waals surface area contributed by atoms with E-state index in [0.29, 0.717) is 28.2 Å². The second-order valence-electron chi connectivity index (χ2n) is 6.74. The zero-order chi connectivity index (χ0) is 20.9. The van der Waals surface area contributed by atoms with Crippen molar-refractivity contribution in [2.24, 2.45) is 0 Å². The fraction of sp³-hybridized carbons (Fsp3) is 0.125. The summed E-state index contributed by atoms with van der Waals surface area (Å²) in [6.45, 7) is -2.41. The zero-order valence-corrected chi connectivity index (χ0v) is 16.0. The van der Waals surface area contributed by atoms with E-state index in [9.17, 15) is 13.2 Å². The van der Waals surface area contributed by atoms with Crippen LogP contribution in [0.2, 0.25) is 0 Å². The van der Waals surface area contributed by atoms with Crippen LogP contribution in [-0.4, -0.2) is 15.0 Å². The predicted molar refractivity (Wildman–Crippen MR) is 111 cm³/mol. The van der Waals surface area contributed by atoms with E-state index >= 15 is 0 Å². The number of pyridine rings is 3. The molecular weight excluding hydrogens is 387 g/mol. The Bertz CT molecular complexity index is 1140. The molecule has 150 valence electrons. The van der Waals surface area contributed by atoms with Gasteiger partial charge in [-0.2, -0.15) is 0 Å². The molecule has 6 heteroatoms. The highest BCUT2D eigenvalue weighted by Gasteiger charge is 2.15. The number of alkyl halides is 3. The van der Waals surface area contributed by atoms with Gasteiger partial charge in [0.05, 0.1) is 22.8 Å². The van der Waals surface area contributed by atoms with Gasteiger partial charge in [0, 0.05) is 12.4 Å². The lowest BCUT2D eigenvalue weighted by Crippen LogP contribution is -1.98. The van der Waals surface area contributed by atoms with Crippen LogP contribution in [0.15, 0.2) is 73.1 Å². The molecule has 0 radical (unpaired) electrons. The summed E-state index contributed by atoms with van der Waals surface area (Å²) >= 11 is 0. The fourth-order valence-electron chi connectivity index (χ4n) is 3.46. The summed E-state index contributed by atoms with van der Waals surface area (Å²) in [7, 11) is 0. The normalized spacial score (nSPS) is 10.9. The van der Waals surface area contributed by atoms with Crippen molar-refractivity contribution < 1.29 is 13.2 Å². The second kappa shape index (κ2) is 8.86. The molecular formula is C24H18F3N3. The molecule has 0 aliphatic rings. The Hall–Kier alpha value is -3.54. The lowest BCUT2D eigenvalue weighted by Gasteiger charge is -2.14. The van der Waals surface area contributed by atoms with Crippen molar-refractivity contribution in [3.8, 4) is 33.9 Å². The van der Waals surface area contributed by atoms with E-state index < -0.39 is 20.0 Å². The summed E-state index contributed by atoms with van der Waals surface area (Å²) in [5, 5.41) is 0. The minimum Gasteiger partial charge on any atom is -0.255 e. The summed E-state index contributed by atoms with van der Waals surface area (Å²) in [4.78, 5) is 13.3. The van der Waals surface area contributed by atoms with Crippen molar-refractivity contribution in [1.29, 1.82) is 0 Å². The highest BCUT2D eigenvalue weighted by molar-refractivity contribution is 5.75. The number of hydrogen-bond donors (Lipinski definition) is 0. The maximum Gasteiger partial charge on any atom is 0.115 e. The molecule has 0 spiro atoms. The SMILES string of the molecule is FCc1cc(CF)c(-c2ccnc(-c3cccc(-c4ccccn4)n3)c2)c(CF)c1. The lowest BCUT2D eigenvalue weighted by molar-refractivity contribution is 0.466. The number of halogens is 3. The Balaban J connectivity index is 1.80. The quantitative estimate of drug-likeness (QED) is 0.379. The maximum absolute atomic E-state index is 13.7. The van der Waals surface area contributed by atoms with E-state index in [1.54, 1.807) is 24.5 Å². The van der Waals surface area contributed by atoms with Crippen LogP contribution in [0.5, 0.6) is 0 Å². The van der Waals surface area contributed by atoms with Crippen LogP contribution in [0.3, 0.4) is 0 Å². The standard InChI is InChI=1S/C24H18F3N3/c25-13-16-10-18(14-26)24(19(11-16)15-27)17-7-9-29-23(12-17)22-6-3-5-21(30-22)20-4-1-2-8-28-20/h1-12H,13-15H2. The van der Waals surface area contributed by atoms with E-state index in [2.05, 4.69) is 15.0 Å². The average molecular weight is 405 g/mol. The molecule has 0 fully saturated rings. The van der Waals surface area contributed by atoms with Gasteiger partial charge in [-0.1, -0.05) is 12.1 Å². The van der Waals surface area contributed by atoms with Crippen molar-refractivity contribution >= 4 is 0 Å². The molecule has 0 aliphatic carbocycles. The van der Waals surface area contributed by atoms with E-state index in [4.69, 9.17) is 0 Å². The third-order valence-corrected chi connectivity index (χ3v) is 4.79. The molecule has 0 unspecified atom stereocenters. The van der Waals surface area contributed by atoms with Crippen LogP contribution in [0.4, 0.5) is 13.2 Å². The van der Waals surface area contributed by atoms with Crippen molar-refractivity contribution in [2.75, 3.05) is 0 Å². The van der Waals surface area contributed by atoms with Crippen molar-refractivity contribution in [1.82, 2.24) is 15.0 Å². The molecule has 0 aliphatic heterocycles. The van der Waals surface area contributed by atoms with E-state index in [1.165, 1.54) is 12.1 Å². The summed E-state index contributed by atoms with van der Waals surface area (Å²) in [5.74, 6) is 0. The van der Waals surface area contributed by atoms with E-state index in [-0.39, 0.29) is 16.7 Å². The molecule has 3 heterocycles. The van der Waals surface area contributed by atoms with Gasteiger partial charge in [-0.15, -0.1) is 0 Å². The van der Waals surface area contributed by atoms with Crippen LogP contribution >= 0.6 is 0 Å². The number of rotatable bonds is 6. The number of hydrogen-bond acceptors (Lipinski definition) is 3. The molecule has 1 aromatic carbocycles. The Labute approximate surface area is 172 Å². The molecule has 3 aromatic heterocycles. The Kier molecular flexibility index (Phi) is 5.84.